The highest BCUT2D eigenvalue weighted by Gasteiger charge is 2.32. The lowest BCUT2D eigenvalue weighted by atomic mass is 10.0. The van der Waals surface area contributed by atoms with Crippen LogP contribution in [0.1, 0.15) is 55.8 Å². The van der Waals surface area contributed by atoms with Crippen LogP contribution in [0.15, 0.2) is 35.5 Å². The molecule has 0 bridgehead atoms. The van der Waals surface area contributed by atoms with Gasteiger partial charge in [-0.2, -0.15) is 0 Å². The number of amides is 1. The zero-order chi connectivity index (χ0) is 24.4. The number of hydrogen-bond acceptors (Lipinski definition) is 9. The predicted molar refractivity (Wildman–Crippen MR) is 142 cm³/mol. The fourth-order valence-corrected chi connectivity index (χ4v) is 6.45. The Labute approximate surface area is 213 Å². The summed E-state index contributed by atoms with van der Waals surface area (Å²) >= 11 is 3.22. The van der Waals surface area contributed by atoms with Crippen molar-refractivity contribution in [2.75, 3.05) is 16.9 Å². The van der Waals surface area contributed by atoms with Crippen LogP contribution in [0.3, 0.4) is 0 Å². The maximum atomic E-state index is 12.8. The van der Waals surface area contributed by atoms with Crippen molar-refractivity contribution in [3.8, 4) is 0 Å². The number of carbonyl (C=O) groups is 1. The Morgan fingerprint density at radius 2 is 1.89 bits per heavy atom. The molecule has 0 unspecified atom stereocenters. The molecule has 2 saturated carbocycles. The molecule has 10 heteroatoms. The smallest absolute Gasteiger partial charge is 0.251 e. The molecule has 3 aromatic rings. The summed E-state index contributed by atoms with van der Waals surface area (Å²) in [5.41, 5.74) is 1.53. The van der Waals surface area contributed by atoms with Gasteiger partial charge in [0.2, 0.25) is 5.95 Å². The largest absolute Gasteiger partial charge is 0.393 e. The normalized spacial score (nSPS) is 26.2. The summed E-state index contributed by atoms with van der Waals surface area (Å²) in [4.78, 5) is 27.4. The van der Waals surface area contributed by atoms with E-state index in [4.69, 9.17) is 4.98 Å². The number of nitrogens with one attached hydrogen (secondary N) is 3. The topological polar surface area (TPSA) is 112 Å². The van der Waals surface area contributed by atoms with Crippen LogP contribution in [-0.2, 0) is 0 Å². The van der Waals surface area contributed by atoms with Crippen molar-refractivity contribution in [3.63, 3.8) is 0 Å². The molecule has 8 nitrogen and oxygen atoms in total. The van der Waals surface area contributed by atoms with Gasteiger partial charge in [0, 0.05) is 41.0 Å². The second kappa shape index (κ2) is 10.7. The van der Waals surface area contributed by atoms with E-state index in [0.29, 0.717) is 30.0 Å². The predicted octanol–water partition coefficient (Wildman–Crippen LogP) is 4.53. The third-order valence-corrected chi connectivity index (χ3v) is 8.76. The van der Waals surface area contributed by atoms with Crippen molar-refractivity contribution in [1.82, 2.24) is 20.3 Å². The molecule has 186 valence electrons. The molecule has 0 saturated heterocycles. The van der Waals surface area contributed by atoms with Crippen molar-refractivity contribution >= 4 is 50.3 Å². The van der Waals surface area contributed by atoms with Crippen molar-refractivity contribution in [3.05, 3.63) is 36.2 Å². The zero-order valence-corrected chi connectivity index (χ0v) is 21.7. The zero-order valence-electron chi connectivity index (χ0n) is 20.0. The Morgan fingerprint density at radius 3 is 2.60 bits per heavy atom. The van der Waals surface area contributed by atoms with Gasteiger partial charge >= 0.3 is 0 Å². The third-order valence-electron chi connectivity index (χ3n) is 7.12. The number of thioether (sulfide) groups is 1. The number of aromatic nitrogens is 3. The van der Waals surface area contributed by atoms with E-state index >= 15 is 0 Å². The maximum Gasteiger partial charge on any atom is 0.251 e. The number of aliphatic hydroxyl groups is 1. The average Bonchev–Trinajstić information content (AvgIpc) is 3.57. The van der Waals surface area contributed by atoms with Gasteiger partial charge in [-0.05, 0) is 62.5 Å². The number of fused-ring (bicyclic) bond motifs is 1. The van der Waals surface area contributed by atoms with Crippen LogP contribution in [0, 0.1) is 5.92 Å². The van der Waals surface area contributed by atoms with Crippen molar-refractivity contribution in [2.24, 2.45) is 5.92 Å². The summed E-state index contributed by atoms with van der Waals surface area (Å²) in [6.45, 7) is 2.09. The molecule has 5 rings (SSSR count). The molecule has 0 aliphatic heterocycles. The van der Waals surface area contributed by atoms with E-state index in [0.717, 1.165) is 52.3 Å². The average molecular weight is 513 g/mol. The number of hydrogen-bond donors (Lipinski definition) is 4. The second-order valence-electron chi connectivity index (χ2n) is 9.52. The number of anilines is 2. The Morgan fingerprint density at radius 1 is 1.11 bits per heavy atom. The number of thiazole rings is 1. The summed E-state index contributed by atoms with van der Waals surface area (Å²) < 4.78 is 0.994. The minimum Gasteiger partial charge on any atom is -0.393 e. The lowest BCUT2D eigenvalue weighted by molar-refractivity contribution is 0.0933. The first-order valence-electron chi connectivity index (χ1n) is 12.3. The van der Waals surface area contributed by atoms with Gasteiger partial charge in [0.25, 0.3) is 5.91 Å². The third kappa shape index (κ3) is 5.70. The van der Waals surface area contributed by atoms with Gasteiger partial charge in [-0.15, -0.1) is 11.8 Å². The molecule has 2 aromatic heterocycles. The summed E-state index contributed by atoms with van der Waals surface area (Å²) in [5, 5.41) is 21.2. The summed E-state index contributed by atoms with van der Waals surface area (Å²) in [7, 11) is 0. The summed E-state index contributed by atoms with van der Waals surface area (Å²) in [6.07, 6.45) is 10.9. The van der Waals surface area contributed by atoms with Crippen LogP contribution >= 0.6 is 23.1 Å². The van der Waals surface area contributed by atoms with Crippen LogP contribution in [-0.4, -0.2) is 56.5 Å². The van der Waals surface area contributed by atoms with Crippen molar-refractivity contribution in [2.45, 2.75) is 74.6 Å². The first-order chi connectivity index (χ1) is 17.0. The molecule has 0 spiro atoms. The Bertz CT molecular complexity index is 1170. The highest BCUT2D eigenvalue weighted by molar-refractivity contribution is 7.98. The molecule has 1 aromatic carbocycles. The Hall–Kier alpha value is -2.43. The van der Waals surface area contributed by atoms with Gasteiger partial charge in [-0.3, -0.25) is 4.79 Å². The number of benzene rings is 1. The minimum absolute atomic E-state index is 0.0367. The molecular weight excluding hydrogens is 480 g/mol. The van der Waals surface area contributed by atoms with Gasteiger partial charge in [0.1, 0.15) is 0 Å². The standard InChI is InChI=1S/C25H32N6O2S2/c1-3-14-8-18(11-21(14)32)28-23(33)15-4-7-20-22(9-15)35-25(31-20)30-17-6-5-16(10-17)29-24-26-12-19(34-2)13-27-24/h4,7,9,12-14,16-18,21,32H,3,5-6,8,10-11H2,1-2H3,(H,28,33)(H,30,31)(H,26,27,29)/t14-,16+,17+,18-,21+/m1/s1. The van der Waals surface area contributed by atoms with E-state index in [9.17, 15) is 9.90 Å². The van der Waals surface area contributed by atoms with Crippen LogP contribution < -0.4 is 16.0 Å². The summed E-state index contributed by atoms with van der Waals surface area (Å²) in [6, 6.07) is 6.38. The number of nitrogens with zero attached hydrogens (tertiary/aromatic N) is 3. The van der Waals surface area contributed by atoms with Crippen molar-refractivity contribution < 1.29 is 9.90 Å². The lowest BCUT2D eigenvalue weighted by Gasteiger charge is -2.14. The molecule has 2 aliphatic carbocycles. The highest BCUT2D eigenvalue weighted by atomic mass is 32.2. The van der Waals surface area contributed by atoms with Gasteiger partial charge < -0.3 is 21.1 Å². The second-order valence-corrected chi connectivity index (χ2v) is 11.4. The molecule has 2 heterocycles. The monoisotopic (exact) mass is 512 g/mol. The molecular formula is C25H32N6O2S2. The summed E-state index contributed by atoms with van der Waals surface area (Å²) in [5.74, 6) is 0.870. The molecule has 4 N–H and O–H groups in total. The van der Waals surface area contributed by atoms with Gasteiger partial charge in [0.15, 0.2) is 5.13 Å². The van der Waals surface area contributed by atoms with E-state index in [1.165, 1.54) is 0 Å². The lowest BCUT2D eigenvalue weighted by Crippen LogP contribution is -2.33. The van der Waals surface area contributed by atoms with E-state index in [-0.39, 0.29) is 24.0 Å². The fourth-order valence-electron chi connectivity index (χ4n) is 5.15. The minimum atomic E-state index is -0.318. The Kier molecular flexibility index (Phi) is 7.40. The van der Waals surface area contributed by atoms with Crippen LogP contribution in [0.4, 0.5) is 11.1 Å². The molecule has 0 radical (unpaired) electrons. The maximum absolute atomic E-state index is 12.8. The molecule has 2 fully saturated rings. The van der Waals surface area contributed by atoms with Gasteiger partial charge in [0.05, 0.1) is 16.3 Å². The highest BCUT2D eigenvalue weighted by Crippen LogP contribution is 2.32. The fraction of sp³-hybridized carbons (Fsp3) is 0.520. The van der Waals surface area contributed by atoms with Crippen LogP contribution in [0.5, 0.6) is 0 Å². The molecule has 35 heavy (non-hydrogen) atoms. The van der Waals surface area contributed by atoms with Gasteiger partial charge in [-0.1, -0.05) is 24.7 Å². The molecule has 2 aliphatic rings. The van der Waals surface area contributed by atoms with Crippen LogP contribution in [0.2, 0.25) is 0 Å². The number of aliphatic hydroxyl groups excluding tert-OH is 1. The quantitative estimate of drug-likeness (QED) is 0.326. The van der Waals surface area contributed by atoms with Gasteiger partial charge in [-0.25, -0.2) is 15.0 Å². The first kappa shape index (κ1) is 24.3. The van der Waals surface area contributed by atoms with E-state index in [1.54, 1.807) is 23.1 Å². The molecule has 1 amide bonds. The first-order valence-corrected chi connectivity index (χ1v) is 14.3. The van der Waals surface area contributed by atoms with E-state index < -0.39 is 0 Å². The van der Waals surface area contributed by atoms with Crippen molar-refractivity contribution in [1.29, 1.82) is 0 Å². The number of carbonyl (C=O) groups excluding carboxylic acids is 1. The molecule has 5 atom stereocenters. The van der Waals surface area contributed by atoms with Crippen LogP contribution in [0.25, 0.3) is 10.2 Å². The SMILES string of the molecule is CC[C@@H]1C[C@@H](NC(=O)c2ccc3nc(N[C@H]4CC[C@H](Nc5ncc(SC)cn5)C4)sc3c2)C[C@@H]1O. The Balaban J connectivity index is 1.17. The van der Waals surface area contributed by atoms with E-state index in [1.807, 2.05) is 36.8 Å². The number of rotatable bonds is 8. The van der Waals surface area contributed by atoms with E-state index in [2.05, 4.69) is 32.8 Å².